The van der Waals surface area contributed by atoms with Gasteiger partial charge in [0.1, 0.15) is 0 Å². The third-order valence-corrected chi connectivity index (χ3v) is 4.08. The van der Waals surface area contributed by atoms with E-state index in [0.29, 0.717) is 22.5 Å². The van der Waals surface area contributed by atoms with Crippen molar-refractivity contribution >= 4 is 45.0 Å². The van der Waals surface area contributed by atoms with E-state index in [2.05, 4.69) is 21.0 Å². The number of hydrogen-bond donors (Lipinski definition) is 0. The second kappa shape index (κ2) is 6.37. The lowest BCUT2D eigenvalue weighted by atomic mass is 10.1. The first-order chi connectivity index (χ1) is 11.5. The van der Waals surface area contributed by atoms with Gasteiger partial charge >= 0.3 is 0 Å². The van der Waals surface area contributed by atoms with Gasteiger partial charge < -0.3 is 0 Å². The van der Waals surface area contributed by atoms with Gasteiger partial charge in [-0.2, -0.15) is 10.1 Å². The Kier molecular flexibility index (Phi) is 4.26. The lowest BCUT2D eigenvalue weighted by Crippen LogP contribution is -2.21. The van der Waals surface area contributed by atoms with Crippen molar-refractivity contribution in [1.29, 1.82) is 0 Å². The minimum Gasteiger partial charge on any atom is -0.267 e. The number of rotatable bonds is 3. The minimum absolute atomic E-state index is 0.0109. The quantitative estimate of drug-likeness (QED) is 0.452. The third kappa shape index (κ3) is 3.11. The molecular weight excluding hydrogens is 374 g/mol. The number of nitrogens with zero attached hydrogens (tertiary/aromatic N) is 3. The number of amides is 1. The van der Waals surface area contributed by atoms with E-state index in [-0.39, 0.29) is 11.6 Å². The molecule has 0 spiro atoms. The maximum absolute atomic E-state index is 12.6. The maximum Gasteiger partial charge on any atom is 0.280 e. The summed E-state index contributed by atoms with van der Waals surface area (Å²) in [6, 6.07) is 13.3. The number of nitro benzene ring substituents is 1. The number of halogens is 1. The van der Waals surface area contributed by atoms with Crippen LogP contribution in [0.3, 0.4) is 0 Å². The largest absolute Gasteiger partial charge is 0.280 e. The average molecular weight is 386 g/mol. The third-order valence-electron chi connectivity index (χ3n) is 3.55. The zero-order chi connectivity index (χ0) is 17.3. The molecule has 1 heterocycles. The minimum atomic E-state index is -0.459. The first kappa shape index (κ1) is 16.1. The highest BCUT2D eigenvalue weighted by molar-refractivity contribution is 9.10. The first-order valence-electron chi connectivity index (χ1n) is 7.07. The molecule has 0 saturated heterocycles. The van der Waals surface area contributed by atoms with Crippen LogP contribution in [0.2, 0.25) is 0 Å². The summed E-state index contributed by atoms with van der Waals surface area (Å²) in [4.78, 5) is 22.8. The van der Waals surface area contributed by atoms with Crippen molar-refractivity contribution in [3.05, 3.63) is 74.3 Å². The summed E-state index contributed by atoms with van der Waals surface area (Å²) in [6.07, 6.45) is 1.68. The van der Waals surface area contributed by atoms with Crippen LogP contribution >= 0.6 is 15.9 Å². The number of carbonyl (C=O) groups is 1. The van der Waals surface area contributed by atoms with Gasteiger partial charge in [-0.25, -0.2) is 0 Å². The van der Waals surface area contributed by atoms with Crippen LogP contribution in [0.15, 0.2) is 63.7 Å². The van der Waals surface area contributed by atoms with E-state index < -0.39 is 4.92 Å². The molecular formula is C17H12BrN3O3. The molecule has 1 aliphatic rings. The number of hydrogen-bond acceptors (Lipinski definition) is 4. The highest BCUT2D eigenvalue weighted by Gasteiger charge is 2.28. The molecule has 0 fully saturated rings. The second-order valence-corrected chi connectivity index (χ2v) is 6.10. The van der Waals surface area contributed by atoms with Crippen molar-refractivity contribution in [3.63, 3.8) is 0 Å². The molecule has 0 unspecified atom stereocenters. The van der Waals surface area contributed by atoms with Crippen LogP contribution in [0.4, 0.5) is 11.4 Å². The van der Waals surface area contributed by atoms with Crippen LogP contribution in [0.1, 0.15) is 12.5 Å². The normalized spacial score (nSPS) is 15.8. The Hall–Kier alpha value is -2.80. The predicted octanol–water partition coefficient (Wildman–Crippen LogP) is 4.16. The van der Waals surface area contributed by atoms with Gasteiger partial charge in [-0.3, -0.25) is 14.9 Å². The molecule has 0 aliphatic carbocycles. The number of anilines is 1. The fourth-order valence-electron chi connectivity index (χ4n) is 2.30. The number of nitro groups is 1. The summed E-state index contributed by atoms with van der Waals surface area (Å²) in [5.41, 5.74) is 2.45. The summed E-state index contributed by atoms with van der Waals surface area (Å²) in [5.74, 6) is -0.229. The van der Waals surface area contributed by atoms with Gasteiger partial charge in [0.25, 0.3) is 11.6 Å². The van der Waals surface area contributed by atoms with Gasteiger partial charge in [0.05, 0.1) is 21.9 Å². The first-order valence-corrected chi connectivity index (χ1v) is 7.87. The lowest BCUT2D eigenvalue weighted by Gasteiger charge is -2.11. The van der Waals surface area contributed by atoms with Crippen molar-refractivity contribution in [1.82, 2.24) is 0 Å². The highest BCUT2D eigenvalue weighted by Crippen LogP contribution is 2.26. The van der Waals surface area contributed by atoms with Crippen molar-refractivity contribution in [2.75, 3.05) is 5.01 Å². The predicted molar refractivity (Wildman–Crippen MR) is 95.8 cm³/mol. The SMILES string of the molecule is CC1=NN(c2ccc(Br)cc2)C(=O)/C1=C/c1ccc([N+](=O)[O-])cc1. The van der Waals surface area contributed by atoms with E-state index in [1.54, 1.807) is 37.3 Å². The van der Waals surface area contributed by atoms with Crippen molar-refractivity contribution < 1.29 is 9.72 Å². The second-order valence-electron chi connectivity index (χ2n) is 5.19. The van der Waals surface area contributed by atoms with E-state index in [1.807, 2.05) is 12.1 Å². The van der Waals surface area contributed by atoms with Crippen LogP contribution < -0.4 is 5.01 Å². The summed E-state index contributed by atoms with van der Waals surface area (Å²) in [7, 11) is 0. The summed E-state index contributed by atoms with van der Waals surface area (Å²) >= 11 is 3.35. The van der Waals surface area contributed by atoms with Gasteiger partial charge in [-0.05, 0) is 55.0 Å². The summed E-state index contributed by atoms with van der Waals surface area (Å²) < 4.78 is 0.917. The molecule has 0 atom stereocenters. The van der Waals surface area contributed by atoms with Gasteiger partial charge in [-0.1, -0.05) is 15.9 Å². The lowest BCUT2D eigenvalue weighted by molar-refractivity contribution is -0.384. The van der Waals surface area contributed by atoms with Crippen LogP contribution in [-0.4, -0.2) is 16.5 Å². The molecule has 0 bridgehead atoms. The fourth-order valence-corrected chi connectivity index (χ4v) is 2.56. The van der Waals surface area contributed by atoms with Gasteiger partial charge in [-0.15, -0.1) is 0 Å². The van der Waals surface area contributed by atoms with Gasteiger partial charge in [0.15, 0.2) is 0 Å². The van der Waals surface area contributed by atoms with Crippen molar-refractivity contribution in [3.8, 4) is 0 Å². The molecule has 3 rings (SSSR count). The molecule has 6 nitrogen and oxygen atoms in total. The molecule has 0 radical (unpaired) electrons. The Morgan fingerprint density at radius 1 is 1.12 bits per heavy atom. The molecule has 7 heteroatoms. The molecule has 2 aromatic rings. The smallest absolute Gasteiger partial charge is 0.267 e. The molecule has 2 aromatic carbocycles. The number of hydrazone groups is 1. The molecule has 1 aliphatic heterocycles. The number of carbonyl (C=O) groups excluding carboxylic acids is 1. The Morgan fingerprint density at radius 2 is 1.75 bits per heavy atom. The number of benzene rings is 2. The molecule has 0 N–H and O–H groups in total. The molecule has 24 heavy (non-hydrogen) atoms. The van der Waals surface area contributed by atoms with Crippen LogP contribution in [-0.2, 0) is 4.79 Å². The molecule has 0 aromatic heterocycles. The van der Waals surface area contributed by atoms with Gasteiger partial charge in [0, 0.05) is 16.6 Å². The van der Waals surface area contributed by atoms with Crippen LogP contribution in [0, 0.1) is 10.1 Å². The zero-order valence-corrected chi connectivity index (χ0v) is 14.2. The van der Waals surface area contributed by atoms with Crippen molar-refractivity contribution in [2.45, 2.75) is 6.92 Å². The van der Waals surface area contributed by atoms with E-state index in [4.69, 9.17) is 0 Å². The van der Waals surface area contributed by atoms with E-state index >= 15 is 0 Å². The standard InChI is InChI=1S/C17H12BrN3O3/c1-11-16(10-12-2-6-15(7-3-12)21(23)24)17(22)20(19-11)14-8-4-13(18)5-9-14/h2-10H,1H3/b16-10+. The Balaban J connectivity index is 1.89. The maximum atomic E-state index is 12.6. The summed E-state index contributed by atoms with van der Waals surface area (Å²) in [6.45, 7) is 1.76. The van der Waals surface area contributed by atoms with Gasteiger partial charge in [0.2, 0.25) is 0 Å². The van der Waals surface area contributed by atoms with E-state index in [9.17, 15) is 14.9 Å². The average Bonchev–Trinajstić information content (AvgIpc) is 2.84. The Morgan fingerprint density at radius 3 is 2.33 bits per heavy atom. The monoisotopic (exact) mass is 385 g/mol. The van der Waals surface area contributed by atoms with E-state index in [0.717, 1.165) is 4.47 Å². The zero-order valence-electron chi connectivity index (χ0n) is 12.6. The Bertz CT molecular complexity index is 871. The van der Waals surface area contributed by atoms with Crippen LogP contribution in [0.5, 0.6) is 0 Å². The highest BCUT2D eigenvalue weighted by atomic mass is 79.9. The van der Waals surface area contributed by atoms with E-state index in [1.165, 1.54) is 17.1 Å². The molecule has 0 saturated carbocycles. The summed E-state index contributed by atoms with van der Waals surface area (Å²) in [5, 5.41) is 16.3. The molecule has 120 valence electrons. The number of non-ortho nitro benzene ring substituents is 1. The van der Waals surface area contributed by atoms with Crippen LogP contribution in [0.25, 0.3) is 6.08 Å². The topological polar surface area (TPSA) is 75.8 Å². The Labute approximate surface area is 146 Å². The van der Waals surface area contributed by atoms with Crippen molar-refractivity contribution in [2.24, 2.45) is 5.10 Å². The molecule has 1 amide bonds. The fraction of sp³-hybridized carbons (Fsp3) is 0.0588.